The molecule has 0 spiro atoms. The van der Waals surface area contributed by atoms with Gasteiger partial charge in [-0.25, -0.2) is 0 Å². The van der Waals surface area contributed by atoms with Crippen molar-refractivity contribution < 1.29 is 0 Å². The Kier molecular flexibility index (Phi) is 4.68. The van der Waals surface area contributed by atoms with Crippen molar-refractivity contribution >= 4 is 29.1 Å². The minimum atomic E-state index is 0.435. The van der Waals surface area contributed by atoms with E-state index in [1.165, 1.54) is 5.56 Å². The molecule has 0 amide bonds. The molecule has 0 aliphatic heterocycles. The van der Waals surface area contributed by atoms with Crippen molar-refractivity contribution in [3.05, 3.63) is 71.4 Å². The van der Waals surface area contributed by atoms with E-state index in [-0.39, 0.29) is 0 Å². The van der Waals surface area contributed by atoms with E-state index in [0.29, 0.717) is 11.0 Å². The SMILES string of the molecule is CN(Cc1ccccc1)c1cnnc(Nc2cccc(Cl)c2)n1. The standard InChI is InChI=1S/C17H16ClN5/c1-23(12-13-6-3-2-4-7-13)16-11-19-22-17(21-16)20-15-9-5-8-14(18)10-15/h2-11H,12H2,1H3,(H,20,21,22). The maximum Gasteiger partial charge on any atom is 0.249 e. The molecule has 0 aliphatic carbocycles. The average Bonchev–Trinajstić information content (AvgIpc) is 2.56. The van der Waals surface area contributed by atoms with Gasteiger partial charge in [-0.3, -0.25) is 0 Å². The van der Waals surface area contributed by atoms with Crippen molar-refractivity contribution in [1.82, 2.24) is 15.2 Å². The van der Waals surface area contributed by atoms with E-state index in [1.54, 1.807) is 6.20 Å². The lowest BCUT2D eigenvalue weighted by Gasteiger charge is -2.18. The molecule has 1 heterocycles. The van der Waals surface area contributed by atoms with Crippen LogP contribution in [-0.4, -0.2) is 22.2 Å². The van der Waals surface area contributed by atoms with Crippen molar-refractivity contribution in [2.24, 2.45) is 0 Å². The molecule has 3 aromatic rings. The molecule has 23 heavy (non-hydrogen) atoms. The fourth-order valence-corrected chi connectivity index (χ4v) is 2.36. The van der Waals surface area contributed by atoms with Crippen LogP contribution in [0.3, 0.4) is 0 Å². The number of aromatic nitrogens is 3. The maximum absolute atomic E-state index is 5.98. The predicted octanol–water partition coefficient (Wildman–Crippen LogP) is 3.91. The van der Waals surface area contributed by atoms with Gasteiger partial charge in [-0.1, -0.05) is 48.0 Å². The first-order valence-corrected chi connectivity index (χ1v) is 7.56. The summed E-state index contributed by atoms with van der Waals surface area (Å²) in [5.41, 5.74) is 2.03. The summed E-state index contributed by atoms with van der Waals surface area (Å²) in [6.07, 6.45) is 1.64. The molecule has 116 valence electrons. The topological polar surface area (TPSA) is 53.9 Å². The molecule has 5 nitrogen and oxygen atoms in total. The van der Waals surface area contributed by atoms with Gasteiger partial charge >= 0.3 is 0 Å². The highest BCUT2D eigenvalue weighted by Crippen LogP contribution is 2.19. The molecule has 6 heteroatoms. The summed E-state index contributed by atoms with van der Waals surface area (Å²) >= 11 is 5.98. The van der Waals surface area contributed by atoms with Crippen LogP contribution in [0, 0.1) is 0 Å². The van der Waals surface area contributed by atoms with E-state index in [4.69, 9.17) is 11.6 Å². The fraction of sp³-hybridized carbons (Fsp3) is 0.118. The Morgan fingerprint density at radius 1 is 1.09 bits per heavy atom. The van der Waals surface area contributed by atoms with Gasteiger partial charge in [0.1, 0.15) is 0 Å². The number of hydrogen-bond acceptors (Lipinski definition) is 5. The van der Waals surface area contributed by atoms with Gasteiger partial charge in [-0.15, -0.1) is 5.10 Å². The lowest BCUT2D eigenvalue weighted by molar-refractivity contribution is 0.866. The average molecular weight is 326 g/mol. The second kappa shape index (κ2) is 7.07. The number of anilines is 3. The van der Waals surface area contributed by atoms with Crippen molar-refractivity contribution in [2.75, 3.05) is 17.3 Å². The number of nitrogens with zero attached hydrogens (tertiary/aromatic N) is 4. The Balaban J connectivity index is 1.74. The Morgan fingerprint density at radius 3 is 2.70 bits per heavy atom. The van der Waals surface area contributed by atoms with Crippen molar-refractivity contribution in [1.29, 1.82) is 0 Å². The second-order valence-electron chi connectivity index (χ2n) is 5.12. The van der Waals surface area contributed by atoms with E-state index in [2.05, 4.69) is 32.6 Å². The van der Waals surface area contributed by atoms with Crippen molar-refractivity contribution in [3.63, 3.8) is 0 Å². The number of halogens is 1. The number of nitrogens with one attached hydrogen (secondary N) is 1. The van der Waals surface area contributed by atoms with Gasteiger partial charge in [0, 0.05) is 24.3 Å². The van der Waals surface area contributed by atoms with Crippen LogP contribution < -0.4 is 10.2 Å². The summed E-state index contributed by atoms with van der Waals surface area (Å²) < 4.78 is 0. The molecule has 0 aliphatic rings. The lowest BCUT2D eigenvalue weighted by atomic mass is 10.2. The van der Waals surface area contributed by atoms with Crippen LogP contribution in [0.5, 0.6) is 0 Å². The van der Waals surface area contributed by atoms with Crippen LogP contribution in [0.25, 0.3) is 0 Å². The number of rotatable bonds is 5. The summed E-state index contributed by atoms with van der Waals surface area (Å²) in [5, 5.41) is 11.8. The van der Waals surface area contributed by atoms with Crippen LogP contribution in [0.1, 0.15) is 5.56 Å². The zero-order valence-corrected chi connectivity index (χ0v) is 13.4. The monoisotopic (exact) mass is 325 g/mol. The molecule has 0 bridgehead atoms. The third-order valence-corrected chi connectivity index (χ3v) is 3.52. The van der Waals surface area contributed by atoms with Crippen molar-refractivity contribution in [3.8, 4) is 0 Å². The highest BCUT2D eigenvalue weighted by atomic mass is 35.5. The summed E-state index contributed by atoms with van der Waals surface area (Å²) in [5.74, 6) is 1.18. The highest BCUT2D eigenvalue weighted by molar-refractivity contribution is 6.30. The third-order valence-electron chi connectivity index (χ3n) is 3.28. The summed E-state index contributed by atoms with van der Waals surface area (Å²) in [4.78, 5) is 6.51. The Labute approximate surface area is 140 Å². The molecule has 1 aromatic heterocycles. The molecule has 0 unspecified atom stereocenters. The van der Waals surface area contributed by atoms with E-state index in [1.807, 2.05) is 54.4 Å². The third kappa shape index (κ3) is 4.17. The van der Waals surface area contributed by atoms with Gasteiger partial charge in [0.15, 0.2) is 5.82 Å². The normalized spacial score (nSPS) is 10.3. The summed E-state index contributed by atoms with van der Waals surface area (Å²) in [6, 6.07) is 17.6. The quantitative estimate of drug-likeness (QED) is 0.771. The second-order valence-corrected chi connectivity index (χ2v) is 5.55. The van der Waals surface area contributed by atoms with Gasteiger partial charge in [0.2, 0.25) is 5.95 Å². The first-order chi connectivity index (χ1) is 11.2. The molecule has 2 aromatic carbocycles. The maximum atomic E-state index is 5.98. The van der Waals surface area contributed by atoms with E-state index in [0.717, 1.165) is 18.1 Å². The predicted molar refractivity (Wildman–Crippen MR) is 93.1 cm³/mol. The van der Waals surface area contributed by atoms with Crippen LogP contribution in [0.2, 0.25) is 5.02 Å². The molecule has 0 saturated carbocycles. The summed E-state index contributed by atoms with van der Waals surface area (Å²) in [6.45, 7) is 0.746. The molecule has 3 rings (SSSR count). The van der Waals surface area contributed by atoms with Gasteiger partial charge in [0.05, 0.1) is 6.20 Å². The van der Waals surface area contributed by atoms with E-state index < -0.39 is 0 Å². The van der Waals surface area contributed by atoms with Crippen LogP contribution in [-0.2, 0) is 6.54 Å². The molecular formula is C17H16ClN5. The number of hydrogen-bond donors (Lipinski definition) is 1. The zero-order valence-electron chi connectivity index (χ0n) is 12.6. The van der Waals surface area contributed by atoms with E-state index >= 15 is 0 Å². The Bertz CT molecular complexity index is 779. The van der Waals surface area contributed by atoms with Gasteiger partial charge < -0.3 is 10.2 Å². The molecule has 0 fully saturated rings. The Morgan fingerprint density at radius 2 is 1.91 bits per heavy atom. The fourth-order valence-electron chi connectivity index (χ4n) is 2.17. The number of benzene rings is 2. The molecule has 0 radical (unpaired) electrons. The first-order valence-electron chi connectivity index (χ1n) is 7.18. The highest BCUT2D eigenvalue weighted by Gasteiger charge is 2.07. The smallest absolute Gasteiger partial charge is 0.249 e. The van der Waals surface area contributed by atoms with Gasteiger partial charge in [0.25, 0.3) is 0 Å². The molecule has 0 saturated heterocycles. The molecular weight excluding hydrogens is 310 g/mol. The van der Waals surface area contributed by atoms with Crippen molar-refractivity contribution in [2.45, 2.75) is 6.54 Å². The lowest BCUT2D eigenvalue weighted by Crippen LogP contribution is -2.18. The van der Waals surface area contributed by atoms with Crippen LogP contribution >= 0.6 is 11.6 Å². The van der Waals surface area contributed by atoms with Gasteiger partial charge in [-0.2, -0.15) is 10.1 Å². The minimum Gasteiger partial charge on any atom is -0.354 e. The minimum absolute atomic E-state index is 0.435. The zero-order chi connectivity index (χ0) is 16.1. The Hall–Kier alpha value is -2.66. The molecule has 1 N–H and O–H groups in total. The summed E-state index contributed by atoms with van der Waals surface area (Å²) in [7, 11) is 1.97. The largest absolute Gasteiger partial charge is 0.354 e. The van der Waals surface area contributed by atoms with Crippen LogP contribution in [0.4, 0.5) is 17.5 Å². The molecule has 0 atom stereocenters. The van der Waals surface area contributed by atoms with Crippen LogP contribution in [0.15, 0.2) is 60.8 Å². The van der Waals surface area contributed by atoms with E-state index in [9.17, 15) is 0 Å². The first kappa shape index (κ1) is 15.2. The van der Waals surface area contributed by atoms with Gasteiger partial charge in [-0.05, 0) is 23.8 Å².